The fourth-order valence-electron chi connectivity index (χ4n) is 3.03. The first-order chi connectivity index (χ1) is 13.5. The van der Waals surface area contributed by atoms with Gasteiger partial charge in [-0.1, -0.05) is 35.9 Å². The Bertz CT molecular complexity index is 1190. The molecule has 1 amide bonds. The molecule has 2 heterocycles. The van der Waals surface area contributed by atoms with Gasteiger partial charge >= 0.3 is 0 Å². The molecule has 7 heteroatoms. The summed E-state index contributed by atoms with van der Waals surface area (Å²) in [5.41, 5.74) is 2.48. The highest BCUT2D eigenvalue weighted by atomic mass is 35.5. The molecule has 2 aromatic carbocycles. The molecule has 28 heavy (non-hydrogen) atoms. The Kier molecular flexibility index (Phi) is 4.79. The summed E-state index contributed by atoms with van der Waals surface area (Å²) >= 11 is 5.99. The number of hydrogen-bond donors (Lipinski definition) is 1. The average molecular weight is 395 g/mol. The molecule has 0 radical (unpaired) electrons. The van der Waals surface area contributed by atoms with Crippen LogP contribution in [-0.2, 0) is 13.6 Å². The van der Waals surface area contributed by atoms with E-state index in [2.05, 4.69) is 15.4 Å². The molecule has 0 fully saturated rings. The number of nitrogens with one attached hydrogen (secondary N) is 1. The molecule has 0 spiro atoms. The Morgan fingerprint density at radius 2 is 2.00 bits per heavy atom. The zero-order valence-corrected chi connectivity index (χ0v) is 15.7. The van der Waals surface area contributed by atoms with Gasteiger partial charge in [0.05, 0.1) is 22.8 Å². The summed E-state index contributed by atoms with van der Waals surface area (Å²) in [6, 6.07) is 15.2. The van der Waals surface area contributed by atoms with Crippen LogP contribution >= 0.6 is 11.6 Å². The van der Waals surface area contributed by atoms with Crippen molar-refractivity contribution in [3.05, 3.63) is 82.8 Å². The van der Waals surface area contributed by atoms with Crippen molar-refractivity contribution in [3.8, 4) is 11.3 Å². The second-order valence-electron chi connectivity index (χ2n) is 6.35. The minimum absolute atomic E-state index is 0.294. The van der Waals surface area contributed by atoms with Crippen molar-refractivity contribution in [3.63, 3.8) is 0 Å². The van der Waals surface area contributed by atoms with Crippen LogP contribution in [0, 0.1) is 5.82 Å². The summed E-state index contributed by atoms with van der Waals surface area (Å²) in [4.78, 5) is 17.4. The minimum atomic E-state index is -0.401. The number of rotatable bonds is 4. The minimum Gasteiger partial charge on any atom is -0.348 e. The van der Waals surface area contributed by atoms with E-state index in [4.69, 9.17) is 11.6 Å². The summed E-state index contributed by atoms with van der Waals surface area (Å²) < 4.78 is 15.8. The predicted molar refractivity (Wildman–Crippen MR) is 107 cm³/mol. The molecule has 0 saturated carbocycles. The Hall–Kier alpha value is -3.25. The van der Waals surface area contributed by atoms with Gasteiger partial charge in [0.2, 0.25) is 0 Å². The van der Waals surface area contributed by atoms with Crippen molar-refractivity contribution < 1.29 is 9.18 Å². The zero-order valence-electron chi connectivity index (χ0n) is 15.0. The van der Waals surface area contributed by atoms with Crippen LogP contribution in [-0.4, -0.2) is 20.7 Å². The SMILES string of the molecule is Cn1ncc2c(C(=O)NCc3cccc(Cl)c3)cc(-c3ccccc3F)nc21. The number of hydrogen-bond acceptors (Lipinski definition) is 3. The van der Waals surface area contributed by atoms with E-state index in [9.17, 15) is 9.18 Å². The van der Waals surface area contributed by atoms with E-state index in [1.165, 1.54) is 6.07 Å². The van der Waals surface area contributed by atoms with E-state index in [0.717, 1.165) is 5.56 Å². The van der Waals surface area contributed by atoms with Gasteiger partial charge in [-0.2, -0.15) is 5.10 Å². The fourth-order valence-corrected chi connectivity index (χ4v) is 3.25. The number of aromatic nitrogens is 3. The molecule has 0 aliphatic rings. The lowest BCUT2D eigenvalue weighted by Gasteiger charge is -2.10. The van der Waals surface area contributed by atoms with Crippen molar-refractivity contribution in [2.24, 2.45) is 7.05 Å². The second-order valence-corrected chi connectivity index (χ2v) is 6.79. The largest absolute Gasteiger partial charge is 0.348 e. The predicted octanol–water partition coefficient (Wildman–Crippen LogP) is 4.36. The quantitative estimate of drug-likeness (QED) is 0.559. The van der Waals surface area contributed by atoms with Crippen molar-refractivity contribution in [1.82, 2.24) is 20.1 Å². The third kappa shape index (κ3) is 3.46. The van der Waals surface area contributed by atoms with Crippen LogP contribution in [0.25, 0.3) is 22.3 Å². The lowest BCUT2D eigenvalue weighted by molar-refractivity contribution is 0.0952. The van der Waals surface area contributed by atoms with Crippen LogP contribution in [0.2, 0.25) is 5.02 Å². The van der Waals surface area contributed by atoms with Gasteiger partial charge < -0.3 is 5.32 Å². The summed E-state index contributed by atoms with van der Waals surface area (Å²) in [6.07, 6.45) is 1.59. The molecule has 5 nitrogen and oxygen atoms in total. The highest BCUT2D eigenvalue weighted by Gasteiger charge is 2.18. The van der Waals surface area contributed by atoms with Gasteiger partial charge in [-0.15, -0.1) is 0 Å². The van der Waals surface area contributed by atoms with Crippen LogP contribution in [0.5, 0.6) is 0 Å². The monoisotopic (exact) mass is 394 g/mol. The van der Waals surface area contributed by atoms with Crippen LogP contribution < -0.4 is 5.32 Å². The fraction of sp³-hybridized carbons (Fsp3) is 0.0952. The first-order valence-corrected chi connectivity index (χ1v) is 9.01. The van der Waals surface area contributed by atoms with Gasteiger partial charge in [0.15, 0.2) is 5.65 Å². The second kappa shape index (κ2) is 7.40. The molecule has 4 aromatic rings. The molecule has 2 aromatic heterocycles. The normalized spacial score (nSPS) is 11.0. The van der Waals surface area contributed by atoms with Crippen molar-refractivity contribution in [1.29, 1.82) is 0 Å². The van der Waals surface area contributed by atoms with Crippen LogP contribution in [0.15, 0.2) is 60.8 Å². The third-order valence-electron chi connectivity index (χ3n) is 4.44. The lowest BCUT2D eigenvalue weighted by atomic mass is 10.1. The standard InChI is InChI=1S/C21H16ClFN4O/c1-27-20-17(12-25-27)16(10-19(26-20)15-7-2-3-8-18(15)23)21(28)24-11-13-5-4-6-14(22)9-13/h2-10,12H,11H2,1H3,(H,24,28). The molecule has 0 aliphatic carbocycles. The average Bonchev–Trinajstić information content (AvgIpc) is 3.07. The number of aryl methyl sites for hydroxylation is 1. The molecule has 0 atom stereocenters. The first kappa shape index (κ1) is 18.1. The maximum Gasteiger partial charge on any atom is 0.252 e. The molecular weight excluding hydrogens is 379 g/mol. The van der Waals surface area contributed by atoms with Crippen LogP contribution in [0.1, 0.15) is 15.9 Å². The highest BCUT2D eigenvalue weighted by Crippen LogP contribution is 2.26. The topological polar surface area (TPSA) is 59.8 Å². The van der Waals surface area contributed by atoms with E-state index in [0.29, 0.717) is 39.4 Å². The number of halogens is 2. The Labute approximate surface area is 165 Å². The van der Waals surface area contributed by atoms with Gasteiger partial charge in [0.1, 0.15) is 5.82 Å². The van der Waals surface area contributed by atoms with Gasteiger partial charge in [-0.3, -0.25) is 9.48 Å². The van der Waals surface area contributed by atoms with Gasteiger partial charge in [0, 0.05) is 24.2 Å². The number of carbonyl (C=O) groups excluding carboxylic acids is 1. The van der Waals surface area contributed by atoms with Crippen molar-refractivity contribution in [2.45, 2.75) is 6.54 Å². The Morgan fingerprint density at radius 3 is 2.79 bits per heavy atom. The first-order valence-electron chi connectivity index (χ1n) is 8.63. The molecule has 4 rings (SSSR count). The van der Waals surface area contributed by atoms with Crippen molar-refractivity contribution in [2.75, 3.05) is 0 Å². The molecule has 0 aliphatic heterocycles. The smallest absolute Gasteiger partial charge is 0.252 e. The van der Waals surface area contributed by atoms with E-state index in [1.54, 1.807) is 54.3 Å². The summed E-state index contributed by atoms with van der Waals surface area (Å²) in [5, 5.41) is 8.28. The Morgan fingerprint density at radius 1 is 1.18 bits per heavy atom. The van der Waals surface area contributed by atoms with E-state index in [1.807, 2.05) is 12.1 Å². The summed E-state index contributed by atoms with van der Waals surface area (Å²) in [6.45, 7) is 0.318. The summed E-state index contributed by atoms with van der Waals surface area (Å²) in [5.74, 6) is -0.695. The number of benzene rings is 2. The summed E-state index contributed by atoms with van der Waals surface area (Å²) in [7, 11) is 1.73. The molecule has 1 N–H and O–H groups in total. The maximum atomic E-state index is 14.3. The molecule has 0 unspecified atom stereocenters. The Balaban J connectivity index is 1.73. The van der Waals surface area contributed by atoms with Crippen LogP contribution in [0.3, 0.4) is 0 Å². The lowest BCUT2D eigenvalue weighted by Crippen LogP contribution is -2.23. The highest BCUT2D eigenvalue weighted by molar-refractivity contribution is 6.30. The van der Waals surface area contributed by atoms with Crippen molar-refractivity contribution >= 4 is 28.5 Å². The van der Waals surface area contributed by atoms with Gasteiger partial charge in [-0.25, -0.2) is 9.37 Å². The van der Waals surface area contributed by atoms with Gasteiger partial charge in [0.25, 0.3) is 5.91 Å². The molecule has 0 bridgehead atoms. The number of nitrogens with zero attached hydrogens (tertiary/aromatic N) is 3. The van der Waals surface area contributed by atoms with E-state index < -0.39 is 5.82 Å². The number of fused-ring (bicyclic) bond motifs is 1. The third-order valence-corrected chi connectivity index (χ3v) is 4.68. The molecular formula is C21H16ClFN4O. The number of pyridine rings is 1. The molecule has 140 valence electrons. The van der Waals surface area contributed by atoms with E-state index >= 15 is 0 Å². The van der Waals surface area contributed by atoms with E-state index in [-0.39, 0.29) is 5.91 Å². The molecule has 0 saturated heterocycles. The maximum absolute atomic E-state index is 14.3. The zero-order chi connectivity index (χ0) is 19.7. The van der Waals surface area contributed by atoms with Gasteiger partial charge in [-0.05, 0) is 35.9 Å². The number of amides is 1. The number of carbonyl (C=O) groups is 1. The van der Waals surface area contributed by atoms with Crippen LogP contribution in [0.4, 0.5) is 4.39 Å².